The molecule has 7 heteroatoms. The summed E-state index contributed by atoms with van der Waals surface area (Å²) in [7, 11) is 0. The van der Waals surface area contributed by atoms with Crippen LogP contribution in [0.4, 0.5) is 19.0 Å². The molecule has 0 aliphatic carbocycles. The fraction of sp³-hybridized carbons (Fsp3) is 0.737. The molecular formula is C19H29F3N4. The van der Waals surface area contributed by atoms with Crippen molar-refractivity contribution in [1.29, 1.82) is 0 Å². The normalized spacial score (nSPS) is 20.2. The van der Waals surface area contributed by atoms with Gasteiger partial charge in [0.2, 0.25) is 0 Å². The van der Waals surface area contributed by atoms with Crippen LogP contribution in [-0.2, 0) is 12.8 Å². The molecule has 1 atom stereocenters. The quantitative estimate of drug-likeness (QED) is 0.689. The van der Waals surface area contributed by atoms with Gasteiger partial charge in [0.25, 0.3) is 0 Å². The number of unbranched alkanes of at least 4 members (excludes halogenated alkanes) is 2. The largest absolute Gasteiger partial charge is 0.401 e. The number of aryl methyl sites for hydroxylation is 2. The van der Waals surface area contributed by atoms with E-state index in [1.807, 2.05) is 0 Å². The second-order valence-corrected chi connectivity index (χ2v) is 7.38. The summed E-state index contributed by atoms with van der Waals surface area (Å²) in [6.45, 7) is 2.19. The van der Waals surface area contributed by atoms with E-state index < -0.39 is 12.7 Å². The van der Waals surface area contributed by atoms with Crippen molar-refractivity contribution in [1.82, 2.24) is 15.2 Å². The molecule has 0 bridgehead atoms. The van der Waals surface area contributed by atoms with E-state index in [0.717, 1.165) is 69.5 Å². The number of hydrogen-bond donors (Lipinski definition) is 2. The smallest absolute Gasteiger partial charge is 0.370 e. The lowest BCUT2D eigenvalue weighted by Gasteiger charge is -2.29. The zero-order valence-electron chi connectivity index (χ0n) is 15.2. The van der Waals surface area contributed by atoms with Gasteiger partial charge in [-0.15, -0.1) is 0 Å². The van der Waals surface area contributed by atoms with E-state index in [2.05, 4.69) is 27.8 Å². The van der Waals surface area contributed by atoms with Crippen LogP contribution in [0.2, 0.25) is 0 Å². The van der Waals surface area contributed by atoms with E-state index in [9.17, 15) is 13.2 Å². The van der Waals surface area contributed by atoms with Crippen molar-refractivity contribution in [3.8, 4) is 0 Å². The first-order valence-electron chi connectivity index (χ1n) is 9.75. The van der Waals surface area contributed by atoms with Crippen LogP contribution < -0.4 is 10.6 Å². The lowest BCUT2D eigenvalue weighted by Crippen LogP contribution is -2.43. The predicted molar refractivity (Wildman–Crippen MR) is 97.5 cm³/mol. The molecule has 0 amide bonds. The van der Waals surface area contributed by atoms with Crippen LogP contribution in [0, 0.1) is 0 Å². The minimum atomic E-state index is -4.12. The lowest BCUT2D eigenvalue weighted by molar-refractivity contribution is -0.150. The first kappa shape index (κ1) is 19.4. The Balaban J connectivity index is 1.40. The number of halogens is 3. The van der Waals surface area contributed by atoms with Crippen molar-refractivity contribution in [2.75, 3.05) is 38.0 Å². The van der Waals surface area contributed by atoms with Crippen molar-refractivity contribution in [2.24, 2.45) is 0 Å². The topological polar surface area (TPSA) is 40.2 Å². The van der Waals surface area contributed by atoms with Gasteiger partial charge in [-0.05, 0) is 63.2 Å². The number of anilines is 1. The van der Waals surface area contributed by atoms with Gasteiger partial charge in [0.05, 0.1) is 6.54 Å². The second kappa shape index (κ2) is 9.04. The van der Waals surface area contributed by atoms with Crippen molar-refractivity contribution in [3.05, 3.63) is 23.4 Å². The molecule has 1 saturated heterocycles. The summed E-state index contributed by atoms with van der Waals surface area (Å²) in [6, 6.07) is 4.26. The van der Waals surface area contributed by atoms with Gasteiger partial charge in [-0.3, -0.25) is 4.90 Å². The first-order chi connectivity index (χ1) is 12.5. The Morgan fingerprint density at radius 1 is 1.15 bits per heavy atom. The third-order valence-electron chi connectivity index (χ3n) is 5.26. The lowest BCUT2D eigenvalue weighted by atomic mass is 10.1. The van der Waals surface area contributed by atoms with Gasteiger partial charge in [0.15, 0.2) is 0 Å². The van der Waals surface area contributed by atoms with Crippen LogP contribution in [-0.4, -0.2) is 54.8 Å². The van der Waals surface area contributed by atoms with Crippen LogP contribution in [0.5, 0.6) is 0 Å². The minimum absolute atomic E-state index is 0.0185. The van der Waals surface area contributed by atoms with Crippen LogP contribution >= 0.6 is 0 Å². The zero-order valence-corrected chi connectivity index (χ0v) is 15.2. The van der Waals surface area contributed by atoms with Gasteiger partial charge >= 0.3 is 6.18 Å². The number of rotatable bonds is 8. The first-order valence-corrected chi connectivity index (χ1v) is 9.75. The maximum Gasteiger partial charge on any atom is 0.401 e. The maximum absolute atomic E-state index is 12.8. The standard InChI is InChI=1S/C19H29F3N4/c20-19(21,22)14-26(17-9-11-23-13-17)12-3-1-2-6-16-8-7-15-5-4-10-24-18(15)25-16/h7-8,17,23H,1-6,9-14H2,(H,24,25)/t17-/m1/s1. The monoisotopic (exact) mass is 370 g/mol. The van der Waals surface area contributed by atoms with Gasteiger partial charge in [0, 0.05) is 24.8 Å². The third kappa shape index (κ3) is 5.84. The molecular weight excluding hydrogens is 341 g/mol. The number of fused-ring (bicyclic) bond motifs is 1. The molecule has 1 aromatic rings. The fourth-order valence-electron chi connectivity index (χ4n) is 3.88. The zero-order chi connectivity index (χ0) is 18.4. The van der Waals surface area contributed by atoms with Crippen LogP contribution in [0.25, 0.3) is 0 Å². The van der Waals surface area contributed by atoms with E-state index >= 15 is 0 Å². The molecule has 0 saturated carbocycles. The van der Waals surface area contributed by atoms with E-state index in [4.69, 9.17) is 0 Å². The molecule has 2 aliphatic rings. The molecule has 0 spiro atoms. The van der Waals surface area contributed by atoms with Crippen molar-refractivity contribution < 1.29 is 13.2 Å². The van der Waals surface area contributed by atoms with Gasteiger partial charge in [-0.25, -0.2) is 4.98 Å². The van der Waals surface area contributed by atoms with Crippen molar-refractivity contribution in [2.45, 2.75) is 57.2 Å². The van der Waals surface area contributed by atoms with Gasteiger partial charge < -0.3 is 10.6 Å². The third-order valence-corrected chi connectivity index (χ3v) is 5.26. The molecule has 1 aromatic heterocycles. The molecule has 26 heavy (non-hydrogen) atoms. The van der Waals surface area contributed by atoms with E-state index in [0.29, 0.717) is 13.1 Å². The fourth-order valence-corrected chi connectivity index (χ4v) is 3.88. The predicted octanol–water partition coefficient (Wildman–Crippen LogP) is 3.38. The molecule has 146 valence electrons. The number of nitrogens with zero attached hydrogens (tertiary/aromatic N) is 2. The van der Waals surface area contributed by atoms with Crippen LogP contribution in [0.15, 0.2) is 12.1 Å². The average molecular weight is 370 g/mol. The second-order valence-electron chi connectivity index (χ2n) is 7.38. The molecule has 0 radical (unpaired) electrons. The van der Waals surface area contributed by atoms with Crippen molar-refractivity contribution >= 4 is 5.82 Å². The number of pyridine rings is 1. The number of alkyl halides is 3. The molecule has 4 nitrogen and oxygen atoms in total. The average Bonchev–Trinajstić information content (AvgIpc) is 3.14. The van der Waals surface area contributed by atoms with Crippen LogP contribution in [0.3, 0.4) is 0 Å². The van der Waals surface area contributed by atoms with E-state index in [-0.39, 0.29) is 6.04 Å². The number of hydrogen-bond acceptors (Lipinski definition) is 4. The number of aromatic nitrogens is 1. The summed E-state index contributed by atoms with van der Waals surface area (Å²) in [5, 5.41) is 6.51. The van der Waals surface area contributed by atoms with Gasteiger partial charge in [-0.2, -0.15) is 13.2 Å². The Morgan fingerprint density at radius 3 is 2.81 bits per heavy atom. The van der Waals surface area contributed by atoms with Gasteiger partial charge in [0.1, 0.15) is 5.82 Å². The summed E-state index contributed by atoms with van der Waals surface area (Å²) < 4.78 is 38.5. The molecule has 0 unspecified atom stereocenters. The summed E-state index contributed by atoms with van der Waals surface area (Å²) >= 11 is 0. The molecule has 1 fully saturated rings. The molecule has 3 rings (SSSR count). The Bertz CT molecular complexity index is 570. The highest BCUT2D eigenvalue weighted by molar-refractivity contribution is 5.46. The summed E-state index contributed by atoms with van der Waals surface area (Å²) in [5.41, 5.74) is 2.36. The minimum Gasteiger partial charge on any atom is -0.370 e. The highest BCUT2D eigenvalue weighted by atomic mass is 19.4. The molecule has 0 aromatic carbocycles. The van der Waals surface area contributed by atoms with Crippen molar-refractivity contribution in [3.63, 3.8) is 0 Å². The highest BCUT2D eigenvalue weighted by Crippen LogP contribution is 2.22. The summed E-state index contributed by atoms with van der Waals surface area (Å²) in [4.78, 5) is 6.29. The Labute approximate surface area is 153 Å². The summed E-state index contributed by atoms with van der Waals surface area (Å²) in [6.07, 6.45) is 2.51. The maximum atomic E-state index is 12.8. The number of nitrogens with one attached hydrogen (secondary N) is 2. The van der Waals surface area contributed by atoms with E-state index in [1.54, 1.807) is 4.90 Å². The Morgan fingerprint density at radius 2 is 2.04 bits per heavy atom. The highest BCUT2D eigenvalue weighted by Gasteiger charge is 2.34. The van der Waals surface area contributed by atoms with Gasteiger partial charge in [-0.1, -0.05) is 12.5 Å². The Hall–Kier alpha value is -1.34. The van der Waals surface area contributed by atoms with Crippen LogP contribution in [0.1, 0.15) is 43.4 Å². The van der Waals surface area contributed by atoms with E-state index in [1.165, 1.54) is 5.56 Å². The molecule has 2 aliphatic heterocycles. The Kier molecular flexibility index (Phi) is 6.75. The molecule has 3 heterocycles. The summed E-state index contributed by atoms with van der Waals surface area (Å²) in [5.74, 6) is 1.01. The SMILES string of the molecule is FC(F)(F)CN(CCCCCc1ccc2c(n1)NCCC2)[C@@H]1CCNC1. The molecule has 2 N–H and O–H groups in total.